The third-order valence-corrected chi connectivity index (χ3v) is 4.91. The number of likely N-dealkylation sites (N-methyl/N-ethyl adjacent to an activating group) is 1. The average molecular weight is 425 g/mol. The van der Waals surface area contributed by atoms with Crippen molar-refractivity contribution in [2.45, 2.75) is 24.4 Å². The van der Waals surface area contributed by atoms with E-state index in [-0.39, 0.29) is 49.3 Å². The van der Waals surface area contributed by atoms with Crippen LogP contribution in [0.3, 0.4) is 0 Å². The number of nitrogens with zero attached hydrogens (tertiary/aromatic N) is 3. The molecule has 29 heavy (non-hydrogen) atoms. The maximum atomic E-state index is 11.5. The molecule has 11 heteroatoms. The first-order valence-corrected chi connectivity index (χ1v) is 9.45. The molecule has 0 aliphatic carbocycles. The molecular weight excluding hydrogens is 404 g/mol. The van der Waals surface area contributed by atoms with Crippen molar-refractivity contribution in [3.63, 3.8) is 0 Å². The van der Waals surface area contributed by atoms with E-state index in [9.17, 15) is 9.90 Å². The lowest BCUT2D eigenvalue weighted by Gasteiger charge is -2.15. The van der Waals surface area contributed by atoms with Gasteiger partial charge in [0.05, 0.1) is 18.7 Å². The number of ether oxygens (including phenoxy) is 4. The van der Waals surface area contributed by atoms with Gasteiger partial charge >= 0.3 is 0 Å². The van der Waals surface area contributed by atoms with E-state index in [0.717, 1.165) is 0 Å². The van der Waals surface area contributed by atoms with Gasteiger partial charge in [-0.1, -0.05) is 11.6 Å². The van der Waals surface area contributed by atoms with Gasteiger partial charge in [0, 0.05) is 20.2 Å². The van der Waals surface area contributed by atoms with Gasteiger partial charge in [0.1, 0.15) is 29.9 Å². The predicted octanol–water partition coefficient (Wildman–Crippen LogP) is 0.540. The van der Waals surface area contributed by atoms with Crippen molar-refractivity contribution in [1.82, 2.24) is 19.9 Å². The summed E-state index contributed by atoms with van der Waals surface area (Å²) in [6.45, 7) is 0.652. The smallest absolute Gasteiger partial charge is 0.296 e. The molecule has 2 saturated heterocycles. The molecule has 4 heterocycles. The van der Waals surface area contributed by atoms with Crippen molar-refractivity contribution in [2.75, 3.05) is 33.9 Å². The Hall–Kier alpha value is -2.40. The highest BCUT2D eigenvalue weighted by atomic mass is 35.5. The molecule has 2 fully saturated rings. The number of aliphatic hydroxyl groups is 1. The molecule has 1 unspecified atom stereocenters. The fraction of sp³-hybridized carbons (Fsp3) is 0.500. The molecule has 2 N–H and O–H groups in total. The number of halogens is 1. The SMILES string of the molecule is CN(C)C(=O)/C=C/COc1nc2nc(O[C@@H]3CO[C@H]4C3OC[C@H]4O)[nH]c2cc1Cl. The maximum Gasteiger partial charge on any atom is 0.296 e. The second-order valence-electron chi connectivity index (χ2n) is 6.95. The van der Waals surface area contributed by atoms with Gasteiger partial charge in [-0.15, -0.1) is 0 Å². The van der Waals surface area contributed by atoms with Gasteiger partial charge in [0.25, 0.3) is 6.01 Å². The van der Waals surface area contributed by atoms with Gasteiger partial charge in [-0.05, 0) is 12.1 Å². The number of H-pyrrole nitrogens is 1. The van der Waals surface area contributed by atoms with E-state index in [0.29, 0.717) is 22.8 Å². The van der Waals surface area contributed by atoms with Crippen molar-refractivity contribution in [3.05, 3.63) is 23.2 Å². The highest BCUT2D eigenvalue weighted by Gasteiger charge is 2.48. The number of aromatic amines is 1. The number of hydrogen-bond acceptors (Lipinski definition) is 8. The van der Waals surface area contributed by atoms with Crippen LogP contribution in [0.4, 0.5) is 0 Å². The van der Waals surface area contributed by atoms with E-state index >= 15 is 0 Å². The second kappa shape index (κ2) is 8.15. The van der Waals surface area contributed by atoms with E-state index in [1.807, 2.05) is 0 Å². The first-order chi connectivity index (χ1) is 13.9. The Morgan fingerprint density at radius 1 is 1.38 bits per heavy atom. The van der Waals surface area contributed by atoms with Crippen LogP contribution in [0, 0.1) is 0 Å². The summed E-state index contributed by atoms with van der Waals surface area (Å²) < 4.78 is 22.4. The zero-order valence-electron chi connectivity index (χ0n) is 15.9. The standard InChI is InChI=1S/C18H21ClN4O6/c1-23(2)13(25)4-3-5-26-17-9(19)6-10-16(21-17)22-18(20-10)29-12-8-28-14-11(24)7-27-15(12)14/h3-4,6,11-12,14-15,24H,5,7-8H2,1-2H3,(H,20,21,22)/b4-3+/t11-,12-,14-,15?/m1/s1. The van der Waals surface area contributed by atoms with E-state index < -0.39 is 6.10 Å². The Balaban J connectivity index is 1.42. The van der Waals surface area contributed by atoms with Gasteiger partial charge in [-0.3, -0.25) is 4.79 Å². The third kappa shape index (κ3) is 4.15. The molecule has 4 atom stereocenters. The Labute approximate surface area is 171 Å². The Bertz CT molecular complexity index is 932. The summed E-state index contributed by atoms with van der Waals surface area (Å²) in [5.41, 5.74) is 0.953. The Morgan fingerprint density at radius 2 is 2.17 bits per heavy atom. The summed E-state index contributed by atoms with van der Waals surface area (Å²) in [7, 11) is 3.33. The van der Waals surface area contributed by atoms with Crippen LogP contribution in [-0.4, -0.2) is 89.2 Å². The minimum absolute atomic E-state index is 0.133. The summed E-state index contributed by atoms with van der Waals surface area (Å²) in [5.74, 6) is 0.0553. The van der Waals surface area contributed by atoms with Crippen molar-refractivity contribution < 1.29 is 28.8 Å². The summed E-state index contributed by atoms with van der Waals surface area (Å²) in [6.07, 6.45) is 1.23. The summed E-state index contributed by atoms with van der Waals surface area (Å²) >= 11 is 6.22. The molecule has 0 aromatic carbocycles. The van der Waals surface area contributed by atoms with Gasteiger partial charge in [0.15, 0.2) is 11.8 Å². The lowest BCUT2D eigenvalue weighted by molar-refractivity contribution is -0.123. The van der Waals surface area contributed by atoms with Crippen LogP contribution in [0.2, 0.25) is 5.02 Å². The molecule has 0 saturated carbocycles. The molecule has 2 aromatic heterocycles. The molecule has 2 aliphatic rings. The highest BCUT2D eigenvalue weighted by Crippen LogP contribution is 2.31. The Morgan fingerprint density at radius 3 is 2.97 bits per heavy atom. The minimum atomic E-state index is -0.647. The van der Waals surface area contributed by atoms with Crippen LogP contribution in [0.1, 0.15) is 0 Å². The first kappa shape index (κ1) is 19.9. The van der Waals surface area contributed by atoms with Gasteiger partial charge < -0.3 is 33.9 Å². The molecule has 0 radical (unpaired) electrons. The average Bonchev–Trinajstić information content (AvgIpc) is 3.36. The highest BCUT2D eigenvalue weighted by molar-refractivity contribution is 6.32. The lowest BCUT2D eigenvalue weighted by Crippen LogP contribution is -2.34. The normalized spacial score (nSPS) is 26.2. The number of aliphatic hydroxyl groups excluding tert-OH is 1. The molecule has 2 aromatic rings. The van der Waals surface area contributed by atoms with Crippen LogP contribution in [-0.2, 0) is 14.3 Å². The number of pyridine rings is 1. The van der Waals surface area contributed by atoms with Crippen LogP contribution >= 0.6 is 11.6 Å². The zero-order valence-corrected chi connectivity index (χ0v) is 16.6. The minimum Gasteiger partial charge on any atom is -0.472 e. The quantitative estimate of drug-likeness (QED) is 0.645. The third-order valence-electron chi connectivity index (χ3n) is 4.64. The predicted molar refractivity (Wildman–Crippen MR) is 102 cm³/mol. The summed E-state index contributed by atoms with van der Waals surface area (Å²) in [4.78, 5) is 24.6. The molecule has 10 nitrogen and oxygen atoms in total. The topological polar surface area (TPSA) is 119 Å². The van der Waals surface area contributed by atoms with E-state index in [4.69, 9.17) is 30.5 Å². The zero-order chi connectivity index (χ0) is 20.5. The first-order valence-electron chi connectivity index (χ1n) is 9.07. The second-order valence-corrected chi connectivity index (χ2v) is 7.36. The number of carbonyl (C=O) groups is 1. The molecule has 1 amide bonds. The molecule has 4 rings (SSSR count). The number of carbonyl (C=O) groups excluding carboxylic acids is 1. The lowest BCUT2D eigenvalue weighted by atomic mass is 10.1. The van der Waals surface area contributed by atoms with Crippen molar-refractivity contribution in [3.8, 4) is 11.9 Å². The van der Waals surface area contributed by atoms with Gasteiger partial charge in [-0.2, -0.15) is 9.97 Å². The number of nitrogens with one attached hydrogen (secondary N) is 1. The van der Waals surface area contributed by atoms with Gasteiger partial charge in [-0.25, -0.2) is 0 Å². The number of imidazole rings is 1. The van der Waals surface area contributed by atoms with E-state index in [2.05, 4.69) is 15.0 Å². The summed E-state index contributed by atoms with van der Waals surface area (Å²) in [5, 5.41) is 10.1. The van der Waals surface area contributed by atoms with Crippen LogP contribution in [0.25, 0.3) is 11.2 Å². The number of aromatic nitrogens is 3. The van der Waals surface area contributed by atoms with Crippen LogP contribution in [0.15, 0.2) is 18.2 Å². The summed E-state index contributed by atoms with van der Waals surface area (Å²) in [6, 6.07) is 1.88. The maximum absolute atomic E-state index is 11.5. The fourth-order valence-electron chi connectivity index (χ4n) is 3.15. The molecule has 0 spiro atoms. The molecular formula is C18H21ClN4O6. The molecule has 0 bridgehead atoms. The number of hydrogen-bond donors (Lipinski definition) is 2. The van der Waals surface area contributed by atoms with Crippen molar-refractivity contribution in [1.29, 1.82) is 0 Å². The molecule has 2 aliphatic heterocycles. The van der Waals surface area contributed by atoms with Crippen LogP contribution in [0.5, 0.6) is 11.9 Å². The van der Waals surface area contributed by atoms with Crippen LogP contribution < -0.4 is 9.47 Å². The van der Waals surface area contributed by atoms with E-state index in [1.54, 1.807) is 26.2 Å². The number of amides is 1. The van der Waals surface area contributed by atoms with Crippen molar-refractivity contribution >= 4 is 28.7 Å². The van der Waals surface area contributed by atoms with Crippen molar-refractivity contribution in [2.24, 2.45) is 0 Å². The monoisotopic (exact) mass is 424 g/mol. The van der Waals surface area contributed by atoms with E-state index in [1.165, 1.54) is 11.0 Å². The molecule has 156 valence electrons. The Kier molecular flexibility index (Phi) is 5.59. The number of fused-ring (bicyclic) bond motifs is 2. The fourth-order valence-corrected chi connectivity index (χ4v) is 3.36. The van der Waals surface area contributed by atoms with Gasteiger partial charge in [0.2, 0.25) is 11.8 Å². The largest absolute Gasteiger partial charge is 0.472 e. The number of rotatable bonds is 6.